The fourth-order valence-electron chi connectivity index (χ4n) is 2.11. The van der Waals surface area contributed by atoms with Gasteiger partial charge in [-0.25, -0.2) is 0 Å². The van der Waals surface area contributed by atoms with Crippen molar-refractivity contribution in [1.29, 1.82) is 0 Å². The maximum atomic E-state index is 13.2. The summed E-state index contributed by atoms with van der Waals surface area (Å²) in [5.41, 5.74) is -4.21. The van der Waals surface area contributed by atoms with Gasteiger partial charge >= 0.3 is 12.4 Å². The van der Waals surface area contributed by atoms with E-state index in [1.54, 1.807) is 0 Å². The van der Waals surface area contributed by atoms with Crippen molar-refractivity contribution in [2.75, 3.05) is 0 Å². The molecular weight excluding hydrogens is 294 g/mol. The molecule has 0 nitrogen and oxygen atoms in total. The van der Waals surface area contributed by atoms with Crippen LogP contribution in [0, 0.1) is 6.92 Å². The fourth-order valence-corrected chi connectivity index (χ4v) is 2.11. The predicted molar refractivity (Wildman–Crippen MR) is 66.3 cm³/mol. The highest BCUT2D eigenvalue weighted by Crippen LogP contribution is 2.45. The van der Waals surface area contributed by atoms with E-state index in [1.807, 2.05) is 0 Å². The summed E-state index contributed by atoms with van der Waals surface area (Å²) in [6, 6.07) is 8.05. The van der Waals surface area contributed by atoms with Crippen LogP contribution in [0.15, 0.2) is 42.5 Å². The van der Waals surface area contributed by atoms with Crippen LogP contribution in [-0.2, 0) is 12.4 Å². The highest BCUT2D eigenvalue weighted by Gasteiger charge is 2.42. The van der Waals surface area contributed by atoms with Crippen LogP contribution in [0.4, 0.5) is 26.3 Å². The summed E-state index contributed by atoms with van der Waals surface area (Å²) in [6.45, 7) is 3.21. The van der Waals surface area contributed by atoms with E-state index in [0.29, 0.717) is 6.07 Å². The van der Waals surface area contributed by atoms with E-state index in [9.17, 15) is 26.3 Å². The van der Waals surface area contributed by atoms with Crippen LogP contribution < -0.4 is 0 Å². The summed E-state index contributed by atoms with van der Waals surface area (Å²) in [5, 5.41) is 0. The second-order valence-electron chi connectivity index (χ2n) is 4.38. The second-order valence-corrected chi connectivity index (χ2v) is 4.38. The Balaban J connectivity index is 2.89. The van der Waals surface area contributed by atoms with Crippen molar-refractivity contribution in [2.45, 2.75) is 12.4 Å². The van der Waals surface area contributed by atoms with Gasteiger partial charge in [-0.3, -0.25) is 0 Å². The molecule has 0 aromatic heterocycles. The van der Waals surface area contributed by atoms with Gasteiger partial charge in [-0.15, -0.1) is 0 Å². The maximum absolute atomic E-state index is 13.2. The molecule has 0 spiro atoms. The van der Waals surface area contributed by atoms with Crippen LogP contribution in [0.2, 0.25) is 0 Å². The first-order valence-corrected chi connectivity index (χ1v) is 5.81. The minimum atomic E-state index is -4.93. The molecule has 2 rings (SSSR count). The Morgan fingerprint density at radius 1 is 0.714 bits per heavy atom. The summed E-state index contributed by atoms with van der Waals surface area (Å²) in [4.78, 5) is 0. The largest absolute Gasteiger partial charge is 0.417 e. The van der Waals surface area contributed by atoms with E-state index in [-0.39, 0.29) is 5.56 Å². The minimum Gasteiger partial charge on any atom is -0.166 e. The zero-order valence-corrected chi connectivity index (χ0v) is 10.5. The Bertz CT molecular complexity index is 638. The van der Waals surface area contributed by atoms with Crippen molar-refractivity contribution in [1.82, 2.24) is 0 Å². The van der Waals surface area contributed by atoms with Crippen molar-refractivity contribution < 1.29 is 26.3 Å². The number of alkyl halides is 6. The molecule has 0 heterocycles. The third-order valence-electron chi connectivity index (χ3n) is 2.94. The quantitative estimate of drug-likeness (QED) is 0.604. The number of benzene rings is 2. The standard InChI is InChI=1S/C15H9F6/c1-9-7-8-11(14(16,17)18)12(13(9)15(19,20)21)10-5-3-2-4-6-10/h2-8H,1H2. The van der Waals surface area contributed by atoms with Crippen LogP contribution in [-0.4, -0.2) is 0 Å². The topological polar surface area (TPSA) is 0 Å². The van der Waals surface area contributed by atoms with Crippen molar-refractivity contribution in [2.24, 2.45) is 0 Å². The zero-order chi connectivity index (χ0) is 15.8. The Kier molecular flexibility index (Phi) is 3.74. The van der Waals surface area contributed by atoms with Crippen molar-refractivity contribution >= 4 is 0 Å². The highest BCUT2D eigenvalue weighted by atomic mass is 19.4. The number of rotatable bonds is 1. The van der Waals surface area contributed by atoms with Gasteiger partial charge in [0.25, 0.3) is 0 Å². The fraction of sp³-hybridized carbons (Fsp3) is 0.133. The van der Waals surface area contributed by atoms with Crippen molar-refractivity contribution in [3.63, 3.8) is 0 Å². The molecule has 21 heavy (non-hydrogen) atoms. The number of hydrogen-bond acceptors (Lipinski definition) is 0. The molecule has 0 amide bonds. The van der Waals surface area contributed by atoms with Gasteiger partial charge in [0.2, 0.25) is 0 Å². The Hall–Kier alpha value is -1.98. The average molecular weight is 303 g/mol. The summed E-state index contributed by atoms with van der Waals surface area (Å²) < 4.78 is 78.6. The van der Waals surface area contributed by atoms with Gasteiger partial charge in [-0.1, -0.05) is 36.4 Å². The molecule has 2 aromatic rings. The number of hydrogen-bond donors (Lipinski definition) is 0. The third kappa shape index (κ3) is 3.04. The molecule has 111 valence electrons. The number of halogens is 6. The minimum absolute atomic E-state index is 0.150. The van der Waals surface area contributed by atoms with Gasteiger partial charge in [0, 0.05) is 5.56 Å². The maximum Gasteiger partial charge on any atom is 0.417 e. The van der Waals surface area contributed by atoms with E-state index in [0.717, 1.165) is 6.07 Å². The molecule has 0 atom stereocenters. The molecule has 0 saturated carbocycles. The molecule has 0 saturated heterocycles. The monoisotopic (exact) mass is 303 g/mol. The first-order valence-electron chi connectivity index (χ1n) is 5.81. The van der Waals surface area contributed by atoms with Gasteiger partial charge in [0.15, 0.2) is 0 Å². The van der Waals surface area contributed by atoms with Gasteiger partial charge in [0.05, 0.1) is 11.1 Å². The van der Waals surface area contributed by atoms with Crippen LogP contribution in [0.5, 0.6) is 0 Å². The van der Waals surface area contributed by atoms with E-state index in [1.165, 1.54) is 30.3 Å². The smallest absolute Gasteiger partial charge is 0.166 e. The van der Waals surface area contributed by atoms with Gasteiger partial charge in [-0.05, 0) is 24.1 Å². The zero-order valence-electron chi connectivity index (χ0n) is 10.5. The van der Waals surface area contributed by atoms with E-state index in [2.05, 4.69) is 6.92 Å². The van der Waals surface area contributed by atoms with E-state index in [4.69, 9.17) is 0 Å². The molecule has 1 radical (unpaired) electrons. The van der Waals surface area contributed by atoms with Crippen molar-refractivity contribution in [3.8, 4) is 11.1 Å². The van der Waals surface area contributed by atoms with Crippen LogP contribution in [0.1, 0.15) is 16.7 Å². The molecule has 2 aromatic carbocycles. The normalized spacial score (nSPS) is 12.5. The summed E-state index contributed by atoms with van der Waals surface area (Å²) >= 11 is 0. The van der Waals surface area contributed by atoms with Gasteiger partial charge in [0.1, 0.15) is 0 Å². The Morgan fingerprint density at radius 2 is 1.29 bits per heavy atom. The lowest BCUT2D eigenvalue weighted by Gasteiger charge is -2.21. The molecule has 0 aliphatic carbocycles. The van der Waals surface area contributed by atoms with E-state index >= 15 is 0 Å². The summed E-state index contributed by atoms with van der Waals surface area (Å²) in [6.07, 6.45) is -9.82. The lowest BCUT2D eigenvalue weighted by molar-refractivity contribution is -0.142. The second kappa shape index (κ2) is 5.09. The first kappa shape index (κ1) is 15.4. The van der Waals surface area contributed by atoms with Gasteiger partial charge in [-0.2, -0.15) is 26.3 Å². The van der Waals surface area contributed by atoms with E-state index < -0.39 is 34.6 Å². The Morgan fingerprint density at radius 3 is 1.76 bits per heavy atom. The third-order valence-corrected chi connectivity index (χ3v) is 2.94. The average Bonchev–Trinajstić information content (AvgIpc) is 2.36. The molecular formula is C15H9F6. The molecule has 6 heteroatoms. The predicted octanol–water partition coefficient (Wildman–Crippen LogP) is 5.57. The molecule has 0 N–H and O–H groups in total. The van der Waals surface area contributed by atoms with Crippen molar-refractivity contribution in [3.05, 3.63) is 66.1 Å². The first-order chi connectivity index (χ1) is 9.62. The molecule has 0 aliphatic rings. The van der Waals surface area contributed by atoms with Crippen LogP contribution in [0.3, 0.4) is 0 Å². The summed E-state index contributed by atoms with van der Waals surface area (Å²) in [7, 11) is 0. The molecule has 0 aliphatic heterocycles. The SMILES string of the molecule is [CH2]c1ccc(C(F)(F)F)c(-c2ccccc2)c1C(F)(F)F. The molecule has 0 bridgehead atoms. The lowest BCUT2D eigenvalue weighted by atomic mass is 9.90. The summed E-state index contributed by atoms with van der Waals surface area (Å²) in [5.74, 6) is 0. The Labute approximate surface area is 117 Å². The van der Waals surface area contributed by atoms with Crippen LogP contribution in [0.25, 0.3) is 11.1 Å². The highest BCUT2D eigenvalue weighted by molar-refractivity contribution is 5.74. The molecule has 0 unspecified atom stereocenters. The molecule has 0 fully saturated rings. The lowest BCUT2D eigenvalue weighted by Crippen LogP contribution is -2.15. The van der Waals surface area contributed by atoms with Crippen LogP contribution >= 0.6 is 0 Å². The van der Waals surface area contributed by atoms with Gasteiger partial charge < -0.3 is 0 Å².